The number of amides is 2. The van der Waals surface area contributed by atoms with Gasteiger partial charge in [-0.25, -0.2) is 0 Å². The van der Waals surface area contributed by atoms with Crippen LogP contribution in [0, 0.1) is 27.7 Å². The highest BCUT2D eigenvalue weighted by atomic mass is 16.4. The van der Waals surface area contributed by atoms with Gasteiger partial charge in [0.1, 0.15) is 13.1 Å². The van der Waals surface area contributed by atoms with Gasteiger partial charge >= 0.3 is 0 Å². The molecule has 0 atom stereocenters. The van der Waals surface area contributed by atoms with E-state index >= 15 is 0 Å². The molecule has 0 bridgehead atoms. The molecule has 0 saturated carbocycles. The third-order valence-corrected chi connectivity index (χ3v) is 11.9. The maximum absolute atomic E-state index is 12.7. The molecule has 2 amide bonds. The number of anilines is 2. The molecule has 68 heavy (non-hydrogen) atoms. The monoisotopic (exact) mass is 929 g/mol. The van der Waals surface area contributed by atoms with E-state index in [-0.39, 0.29) is 33.9 Å². The first-order chi connectivity index (χ1) is 31.6. The fourth-order valence-electron chi connectivity index (χ4n) is 7.53. The molecule has 0 spiro atoms. The van der Waals surface area contributed by atoms with Gasteiger partial charge in [0, 0.05) is 22.5 Å². The number of carboxylic acids is 2. The lowest BCUT2D eigenvalue weighted by molar-refractivity contribution is -0.930. The molecule has 364 valence electrons. The van der Waals surface area contributed by atoms with Crippen LogP contribution in [0.2, 0.25) is 0 Å². The third-order valence-electron chi connectivity index (χ3n) is 11.9. The minimum absolute atomic E-state index is 0. The van der Waals surface area contributed by atoms with Gasteiger partial charge in [0.2, 0.25) is 0 Å². The van der Waals surface area contributed by atoms with Crippen LogP contribution in [-0.4, -0.2) is 82.9 Å². The fourth-order valence-corrected chi connectivity index (χ4v) is 7.53. The van der Waals surface area contributed by atoms with Gasteiger partial charge in [0.25, 0.3) is 11.8 Å². The summed E-state index contributed by atoms with van der Waals surface area (Å²) in [5, 5.41) is 26.4. The highest BCUT2D eigenvalue weighted by Gasteiger charge is 2.29. The second-order valence-electron chi connectivity index (χ2n) is 16.5. The van der Waals surface area contributed by atoms with Crippen molar-refractivity contribution in [3.63, 3.8) is 0 Å². The highest BCUT2D eigenvalue weighted by Crippen LogP contribution is 2.22. The molecule has 12 heteroatoms. The van der Waals surface area contributed by atoms with Crippen molar-refractivity contribution in [1.82, 2.24) is 0 Å². The minimum Gasteiger partial charge on any atom is -0.545 e. The number of nitrogens with zero attached hydrogens (tertiary/aromatic N) is 2. The summed E-state index contributed by atoms with van der Waals surface area (Å²) in [5.74, 6) is -2.08. The van der Waals surface area contributed by atoms with E-state index in [0.717, 1.165) is 81.9 Å². The molecule has 12 nitrogen and oxygen atoms in total. The first-order valence-corrected chi connectivity index (χ1v) is 22.6. The number of likely N-dealkylation sites (N-methyl/N-ethyl adjacent to an activating group) is 2. The summed E-state index contributed by atoms with van der Waals surface area (Å²) in [4.78, 5) is 45.6. The van der Waals surface area contributed by atoms with Gasteiger partial charge in [0.15, 0.2) is 13.1 Å². The van der Waals surface area contributed by atoms with Crippen molar-refractivity contribution in [2.24, 2.45) is 0 Å². The van der Waals surface area contributed by atoms with Crippen LogP contribution in [0.4, 0.5) is 11.4 Å². The number of carboxylic acid groups (broad SMARTS) is 2. The Bertz CT molecular complexity index is 2200. The first kappa shape index (κ1) is 59.1. The number of aryl methyl sites for hydroxylation is 4. The number of para-hydroxylation sites is 2. The molecule has 6 N–H and O–H groups in total. The first-order valence-electron chi connectivity index (χ1n) is 22.6. The third kappa shape index (κ3) is 19.5. The Morgan fingerprint density at radius 2 is 0.647 bits per heavy atom. The van der Waals surface area contributed by atoms with E-state index in [1.165, 1.54) is 35.4 Å². The minimum atomic E-state index is -1.13. The van der Waals surface area contributed by atoms with Crippen LogP contribution in [0.25, 0.3) is 0 Å². The number of benzene rings is 6. The van der Waals surface area contributed by atoms with Crippen LogP contribution in [0.5, 0.6) is 0 Å². The molecular formula is C56H72N4O8. The van der Waals surface area contributed by atoms with Crippen molar-refractivity contribution < 1.29 is 49.3 Å². The maximum atomic E-state index is 12.7. The van der Waals surface area contributed by atoms with Crippen LogP contribution >= 0.6 is 0 Å². The number of aromatic carboxylic acids is 2. The molecule has 0 fully saturated rings. The van der Waals surface area contributed by atoms with Crippen LogP contribution in [-0.2, 0) is 22.7 Å². The zero-order chi connectivity index (χ0) is 48.5. The zero-order valence-corrected chi connectivity index (χ0v) is 41.0. The lowest BCUT2D eigenvalue weighted by Gasteiger charge is -2.36. The van der Waals surface area contributed by atoms with Crippen LogP contribution < -0.4 is 20.8 Å². The molecule has 0 unspecified atom stereocenters. The summed E-state index contributed by atoms with van der Waals surface area (Å²) < 4.78 is 1.53. The van der Waals surface area contributed by atoms with Gasteiger partial charge in [-0.3, -0.25) is 9.59 Å². The molecule has 0 aliphatic carbocycles. The van der Waals surface area contributed by atoms with Crippen molar-refractivity contribution in [2.75, 3.05) is 49.9 Å². The Morgan fingerprint density at radius 3 is 0.868 bits per heavy atom. The van der Waals surface area contributed by atoms with E-state index in [1.807, 2.05) is 76.2 Å². The molecule has 0 aromatic heterocycles. The number of nitrogens with one attached hydrogen (secondary N) is 2. The lowest BCUT2D eigenvalue weighted by atomic mass is 10.1. The molecule has 6 aromatic rings. The number of carbonyl (C=O) groups is 4. The van der Waals surface area contributed by atoms with Gasteiger partial charge in [0.05, 0.1) is 38.1 Å². The fraction of sp³-hybridized carbons (Fsp3) is 0.286. The Labute approximate surface area is 403 Å². The van der Waals surface area contributed by atoms with E-state index in [0.29, 0.717) is 13.1 Å². The average Bonchev–Trinajstić information content (AvgIpc) is 3.33. The molecule has 0 saturated heterocycles. The zero-order valence-electron chi connectivity index (χ0n) is 41.0. The van der Waals surface area contributed by atoms with Crippen molar-refractivity contribution in [2.45, 2.75) is 68.5 Å². The Morgan fingerprint density at radius 1 is 0.397 bits per heavy atom. The summed E-state index contributed by atoms with van der Waals surface area (Å²) in [7, 11) is 0. The average molecular weight is 929 g/mol. The van der Waals surface area contributed by atoms with Crippen molar-refractivity contribution in [3.05, 3.63) is 202 Å². The lowest BCUT2D eigenvalue weighted by Crippen LogP contribution is -2.51. The molecule has 6 rings (SSSR count). The molecule has 0 heterocycles. The van der Waals surface area contributed by atoms with Crippen LogP contribution in [0.3, 0.4) is 0 Å². The Kier molecular flexibility index (Phi) is 26.4. The quantitative estimate of drug-likeness (QED) is 0.0974. The van der Waals surface area contributed by atoms with Crippen molar-refractivity contribution in [3.8, 4) is 0 Å². The van der Waals surface area contributed by atoms with Crippen LogP contribution in [0.1, 0.15) is 81.8 Å². The van der Waals surface area contributed by atoms with E-state index in [1.54, 1.807) is 36.4 Å². The molecule has 0 radical (unpaired) electrons. The van der Waals surface area contributed by atoms with E-state index in [4.69, 9.17) is 0 Å². The van der Waals surface area contributed by atoms with Crippen molar-refractivity contribution in [1.29, 1.82) is 0 Å². The van der Waals surface area contributed by atoms with Gasteiger partial charge in [-0.05, 0) is 88.8 Å². The van der Waals surface area contributed by atoms with Crippen molar-refractivity contribution >= 4 is 35.1 Å². The molecule has 0 aliphatic rings. The summed E-state index contributed by atoms with van der Waals surface area (Å²) in [6, 6.07) is 49.2. The second kappa shape index (κ2) is 30.4. The van der Waals surface area contributed by atoms with E-state index in [9.17, 15) is 29.4 Å². The van der Waals surface area contributed by atoms with Gasteiger partial charge < -0.3 is 50.4 Å². The largest absolute Gasteiger partial charge is 0.545 e. The number of rotatable bonds is 16. The van der Waals surface area contributed by atoms with Gasteiger partial charge in [-0.1, -0.05) is 158 Å². The predicted molar refractivity (Wildman–Crippen MR) is 271 cm³/mol. The number of hydrogen-bond donors (Lipinski definition) is 2. The highest BCUT2D eigenvalue weighted by molar-refractivity contribution is 5.94. The van der Waals surface area contributed by atoms with Gasteiger partial charge in [-0.2, -0.15) is 0 Å². The molecular weight excluding hydrogens is 857 g/mol. The van der Waals surface area contributed by atoms with Crippen LogP contribution in [0.15, 0.2) is 158 Å². The topological polar surface area (TPSA) is 201 Å². The Hall–Kier alpha value is -6.96. The second-order valence-corrected chi connectivity index (χ2v) is 16.5. The predicted octanol–water partition coefficient (Wildman–Crippen LogP) is 7.05. The molecule has 6 aromatic carbocycles. The number of hydrogen-bond acceptors (Lipinski definition) is 6. The summed E-state index contributed by atoms with van der Waals surface area (Å²) in [5.41, 5.74) is 9.34. The summed E-state index contributed by atoms with van der Waals surface area (Å²) in [6.45, 7) is 23.3. The Balaban J connectivity index is 0.000000490. The smallest absolute Gasteiger partial charge is 0.279 e. The van der Waals surface area contributed by atoms with E-state index in [2.05, 4.69) is 86.9 Å². The van der Waals surface area contributed by atoms with E-state index < -0.39 is 11.9 Å². The maximum Gasteiger partial charge on any atom is 0.279 e. The number of carbonyl (C=O) groups excluding carboxylic acids is 4. The standard InChI is InChI=1S/2C21H28N2O.2C7H6O2.2H2O/c2*1-5-23(6-2,15-19-13-8-7-9-14-19)16-20(24)22-21-17(3)11-10-12-18(21)4;2*8-7(9)6-4-2-1-3-5-6;;/h2*7-14H,5-6,15-16H2,1-4H3;2*1-5H,(H,8,9);2*1H2. The molecule has 0 aliphatic heterocycles. The summed E-state index contributed by atoms with van der Waals surface area (Å²) in [6.07, 6.45) is 0. The SMILES string of the molecule is CC[N+](CC)(CC(=O)Nc1c(C)cccc1C)Cc1ccccc1.CC[N+](CC)(CC(=O)Nc1c(C)cccc1C)Cc1ccccc1.O.O.O=C([O-])c1ccccc1.O=C([O-])c1ccccc1. The number of quaternary nitrogens is 2. The normalized spacial score (nSPS) is 10.4. The summed E-state index contributed by atoms with van der Waals surface area (Å²) >= 11 is 0. The van der Waals surface area contributed by atoms with Gasteiger partial charge in [-0.15, -0.1) is 0 Å².